The maximum absolute atomic E-state index is 12.3. The van der Waals surface area contributed by atoms with E-state index in [4.69, 9.17) is 4.74 Å². The van der Waals surface area contributed by atoms with Gasteiger partial charge in [-0.25, -0.2) is 4.79 Å². The summed E-state index contributed by atoms with van der Waals surface area (Å²) in [5.41, 5.74) is 1.66. The quantitative estimate of drug-likeness (QED) is 0.597. The van der Waals surface area contributed by atoms with Gasteiger partial charge in [0.1, 0.15) is 5.60 Å². The molecular formula is C18H24N4O4. The highest BCUT2D eigenvalue weighted by atomic mass is 16.6. The Kier molecular flexibility index (Phi) is 5.64. The molecule has 0 radical (unpaired) electrons. The summed E-state index contributed by atoms with van der Waals surface area (Å²) in [7, 11) is 1.60. The average molecular weight is 360 g/mol. The predicted molar refractivity (Wildman–Crippen MR) is 97.7 cm³/mol. The number of nitro benzene ring substituents is 1. The molecule has 0 aliphatic rings. The number of carbonyl (C=O) groups is 1. The normalized spacial score (nSPS) is 11.3. The summed E-state index contributed by atoms with van der Waals surface area (Å²) in [6, 6.07) is 6.49. The third-order valence-electron chi connectivity index (χ3n) is 3.70. The standard InChI is InChI=1S/C18H24N4O4/c1-6-21-16(9-10-19-21)15-8-7-14(22(24)25)11-13(15)12-20(5)17(23)26-18(2,3)4/h7-11H,6,12H2,1-5H3. The number of hydrogen-bond donors (Lipinski definition) is 0. The lowest BCUT2D eigenvalue weighted by Crippen LogP contribution is -2.34. The fourth-order valence-electron chi connectivity index (χ4n) is 2.55. The van der Waals surface area contributed by atoms with Crippen molar-refractivity contribution in [1.82, 2.24) is 14.7 Å². The summed E-state index contributed by atoms with van der Waals surface area (Å²) in [6.07, 6.45) is 1.20. The summed E-state index contributed by atoms with van der Waals surface area (Å²) in [6.45, 7) is 8.18. The van der Waals surface area contributed by atoms with E-state index in [0.717, 1.165) is 11.3 Å². The number of nitro groups is 1. The van der Waals surface area contributed by atoms with E-state index in [9.17, 15) is 14.9 Å². The van der Waals surface area contributed by atoms with Crippen molar-refractivity contribution in [2.75, 3.05) is 7.05 Å². The van der Waals surface area contributed by atoms with Crippen LogP contribution in [0, 0.1) is 10.1 Å². The first kappa shape index (κ1) is 19.4. The molecule has 0 spiro atoms. The molecule has 0 aliphatic carbocycles. The maximum Gasteiger partial charge on any atom is 0.410 e. The van der Waals surface area contributed by atoms with Gasteiger partial charge < -0.3 is 9.64 Å². The van der Waals surface area contributed by atoms with Crippen LogP contribution in [0.2, 0.25) is 0 Å². The molecule has 0 fully saturated rings. The third-order valence-corrected chi connectivity index (χ3v) is 3.70. The second-order valence-electron chi connectivity index (χ2n) is 6.97. The monoisotopic (exact) mass is 360 g/mol. The summed E-state index contributed by atoms with van der Waals surface area (Å²) in [5, 5.41) is 15.4. The lowest BCUT2D eigenvalue weighted by Gasteiger charge is -2.25. The molecule has 0 bridgehead atoms. The Labute approximate surface area is 152 Å². The zero-order valence-electron chi connectivity index (χ0n) is 15.7. The van der Waals surface area contributed by atoms with Gasteiger partial charge in [0.25, 0.3) is 5.69 Å². The summed E-state index contributed by atoms with van der Waals surface area (Å²) in [5.74, 6) is 0. The molecule has 0 unspecified atom stereocenters. The van der Waals surface area contributed by atoms with Crippen molar-refractivity contribution >= 4 is 11.8 Å². The van der Waals surface area contributed by atoms with E-state index in [1.165, 1.54) is 17.0 Å². The van der Waals surface area contributed by atoms with Gasteiger partial charge in [0, 0.05) is 44.0 Å². The molecular weight excluding hydrogens is 336 g/mol. The molecule has 2 aromatic rings. The van der Waals surface area contributed by atoms with Crippen LogP contribution in [0.5, 0.6) is 0 Å². The largest absolute Gasteiger partial charge is 0.444 e. The van der Waals surface area contributed by atoms with Crippen LogP contribution in [0.1, 0.15) is 33.3 Å². The van der Waals surface area contributed by atoms with E-state index in [1.807, 2.05) is 13.0 Å². The van der Waals surface area contributed by atoms with Crippen molar-refractivity contribution in [1.29, 1.82) is 0 Å². The molecule has 1 aromatic carbocycles. The van der Waals surface area contributed by atoms with Gasteiger partial charge in [0.05, 0.1) is 10.6 Å². The Morgan fingerprint density at radius 3 is 2.62 bits per heavy atom. The highest BCUT2D eigenvalue weighted by molar-refractivity contribution is 5.70. The number of aryl methyl sites for hydroxylation is 1. The predicted octanol–water partition coefficient (Wildman–Crippen LogP) is 3.85. The number of ether oxygens (including phenoxy) is 1. The van der Waals surface area contributed by atoms with Gasteiger partial charge in [-0.1, -0.05) is 0 Å². The smallest absolute Gasteiger partial charge is 0.410 e. The van der Waals surface area contributed by atoms with Crippen molar-refractivity contribution in [3.63, 3.8) is 0 Å². The minimum Gasteiger partial charge on any atom is -0.444 e. The van der Waals surface area contributed by atoms with Crippen molar-refractivity contribution in [3.05, 3.63) is 46.1 Å². The second-order valence-corrected chi connectivity index (χ2v) is 6.97. The average Bonchev–Trinajstić information content (AvgIpc) is 3.01. The lowest BCUT2D eigenvalue weighted by atomic mass is 10.0. The number of aromatic nitrogens is 2. The fourth-order valence-corrected chi connectivity index (χ4v) is 2.55. The molecule has 1 aromatic heterocycles. The van der Waals surface area contributed by atoms with E-state index >= 15 is 0 Å². The van der Waals surface area contributed by atoms with E-state index < -0.39 is 16.6 Å². The fraction of sp³-hybridized carbons (Fsp3) is 0.444. The number of rotatable bonds is 5. The number of non-ortho nitro benzene ring substituents is 1. The number of nitrogens with zero attached hydrogens (tertiary/aromatic N) is 4. The first-order chi connectivity index (χ1) is 12.1. The van der Waals surface area contributed by atoms with E-state index in [0.29, 0.717) is 12.1 Å². The van der Waals surface area contributed by atoms with Crippen LogP contribution in [-0.4, -0.2) is 38.3 Å². The number of hydrogen-bond acceptors (Lipinski definition) is 5. The SMILES string of the molecule is CCn1nccc1-c1ccc([N+](=O)[O-])cc1CN(C)C(=O)OC(C)(C)C. The molecule has 2 rings (SSSR count). The summed E-state index contributed by atoms with van der Waals surface area (Å²) >= 11 is 0. The highest BCUT2D eigenvalue weighted by Crippen LogP contribution is 2.28. The molecule has 0 atom stereocenters. The number of carbonyl (C=O) groups excluding carboxylic acids is 1. The van der Waals surface area contributed by atoms with Gasteiger partial charge in [-0.05, 0) is 45.4 Å². The van der Waals surface area contributed by atoms with Gasteiger partial charge in [0.15, 0.2) is 0 Å². The van der Waals surface area contributed by atoms with Crippen molar-refractivity contribution in [2.24, 2.45) is 0 Å². The molecule has 1 amide bonds. The van der Waals surface area contributed by atoms with E-state index in [2.05, 4.69) is 5.10 Å². The molecule has 8 nitrogen and oxygen atoms in total. The number of amides is 1. The molecule has 0 aliphatic heterocycles. The zero-order valence-corrected chi connectivity index (χ0v) is 15.7. The Bertz CT molecular complexity index is 808. The molecule has 26 heavy (non-hydrogen) atoms. The summed E-state index contributed by atoms with van der Waals surface area (Å²) in [4.78, 5) is 24.4. The molecule has 1 heterocycles. The lowest BCUT2D eigenvalue weighted by molar-refractivity contribution is -0.384. The van der Waals surface area contributed by atoms with Gasteiger partial charge in [-0.15, -0.1) is 0 Å². The van der Waals surface area contributed by atoms with E-state index in [1.54, 1.807) is 44.8 Å². The van der Waals surface area contributed by atoms with Crippen LogP contribution >= 0.6 is 0 Å². The minimum absolute atomic E-state index is 0.0242. The van der Waals surface area contributed by atoms with Crippen LogP contribution in [0.4, 0.5) is 10.5 Å². The molecule has 0 N–H and O–H groups in total. The van der Waals surface area contributed by atoms with Crippen LogP contribution in [0.3, 0.4) is 0 Å². The van der Waals surface area contributed by atoms with Gasteiger partial charge in [0.2, 0.25) is 0 Å². The Morgan fingerprint density at radius 2 is 2.04 bits per heavy atom. The van der Waals surface area contributed by atoms with Gasteiger partial charge in [-0.3, -0.25) is 14.8 Å². The molecule has 140 valence electrons. The second kappa shape index (κ2) is 7.55. The van der Waals surface area contributed by atoms with Crippen LogP contribution in [0.25, 0.3) is 11.3 Å². The minimum atomic E-state index is -0.613. The van der Waals surface area contributed by atoms with Crippen molar-refractivity contribution < 1.29 is 14.5 Å². The summed E-state index contributed by atoms with van der Waals surface area (Å²) < 4.78 is 7.16. The zero-order chi connectivity index (χ0) is 19.5. The Hall–Kier alpha value is -2.90. The number of benzene rings is 1. The topological polar surface area (TPSA) is 90.5 Å². The van der Waals surface area contributed by atoms with E-state index in [-0.39, 0.29) is 12.2 Å². The first-order valence-electron chi connectivity index (χ1n) is 8.36. The molecule has 0 saturated carbocycles. The highest BCUT2D eigenvalue weighted by Gasteiger charge is 2.22. The van der Waals surface area contributed by atoms with Gasteiger partial charge in [-0.2, -0.15) is 5.10 Å². The Morgan fingerprint density at radius 1 is 1.35 bits per heavy atom. The molecule has 8 heteroatoms. The Balaban J connectivity index is 2.40. The van der Waals surface area contributed by atoms with Crippen molar-refractivity contribution in [3.8, 4) is 11.3 Å². The maximum atomic E-state index is 12.3. The third kappa shape index (κ3) is 4.59. The van der Waals surface area contributed by atoms with Crippen LogP contribution in [-0.2, 0) is 17.8 Å². The molecule has 0 saturated heterocycles. The van der Waals surface area contributed by atoms with Gasteiger partial charge >= 0.3 is 6.09 Å². The first-order valence-corrected chi connectivity index (χ1v) is 8.36. The van der Waals surface area contributed by atoms with Crippen molar-refractivity contribution in [2.45, 2.75) is 46.4 Å². The van der Waals surface area contributed by atoms with Crippen LogP contribution < -0.4 is 0 Å². The van der Waals surface area contributed by atoms with Crippen LogP contribution in [0.15, 0.2) is 30.5 Å².